The van der Waals surface area contributed by atoms with E-state index >= 15 is 0 Å². The monoisotopic (exact) mass is 412 g/mol. The highest BCUT2D eigenvalue weighted by molar-refractivity contribution is 5.95. The summed E-state index contributed by atoms with van der Waals surface area (Å²) in [6, 6.07) is 11.9. The first-order valence-electron chi connectivity index (χ1n) is 9.96. The van der Waals surface area contributed by atoms with E-state index < -0.39 is 5.97 Å². The van der Waals surface area contributed by atoms with Crippen LogP contribution in [-0.4, -0.2) is 31.8 Å². The number of carbonyl (C=O) groups is 2. The Labute approximate surface area is 177 Å². The summed E-state index contributed by atoms with van der Waals surface area (Å²) in [6.07, 6.45) is 6.07. The van der Waals surface area contributed by atoms with Crippen LogP contribution < -0.4 is 19.6 Å². The van der Waals surface area contributed by atoms with E-state index in [-0.39, 0.29) is 5.91 Å². The fraction of sp³-hybridized carbons (Fsp3) is 0.348. The highest BCUT2D eigenvalue weighted by Crippen LogP contribution is 2.27. The van der Waals surface area contributed by atoms with Gasteiger partial charge in [-0.05, 0) is 54.4 Å². The lowest BCUT2D eigenvalue weighted by Gasteiger charge is -2.08. The Kier molecular flexibility index (Phi) is 9.37. The maximum absolute atomic E-state index is 12.2. The van der Waals surface area contributed by atoms with Crippen LogP contribution in [0, 0.1) is 0 Å². The van der Waals surface area contributed by atoms with Crippen LogP contribution in [0.2, 0.25) is 0 Å². The fourth-order valence-electron chi connectivity index (χ4n) is 2.66. The van der Waals surface area contributed by atoms with Crippen LogP contribution >= 0.6 is 0 Å². The first-order valence-corrected chi connectivity index (χ1v) is 9.96. The van der Waals surface area contributed by atoms with Crippen molar-refractivity contribution in [2.45, 2.75) is 39.5 Å². The summed E-state index contributed by atoms with van der Waals surface area (Å²) in [4.78, 5) is 23.3. The van der Waals surface area contributed by atoms with E-state index in [1.807, 2.05) is 0 Å². The highest BCUT2D eigenvalue weighted by Gasteiger charge is 2.08. The zero-order chi connectivity index (χ0) is 21.8. The van der Waals surface area contributed by atoms with E-state index in [0.717, 1.165) is 18.6 Å². The molecule has 0 heterocycles. The molecular formula is C23H28N2O5. The van der Waals surface area contributed by atoms with Gasteiger partial charge in [-0.3, -0.25) is 9.59 Å². The van der Waals surface area contributed by atoms with Crippen LogP contribution in [0.25, 0.3) is 0 Å². The van der Waals surface area contributed by atoms with Crippen LogP contribution in [0.15, 0.2) is 47.6 Å². The van der Waals surface area contributed by atoms with Crippen molar-refractivity contribution in [2.75, 3.05) is 13.7 Å². The molecule has 30 heavy (non-hydrogen) atoms. The second-order valence-electron chi connectivity index (χ2n) is 6.64. The molecule has 0 bridgehead atoms. The molecule has 0 aliphatic rings. The summed E-state index contributed by atoms with van der Waals surface area (Å²) in [6.45, 7) is 4.17. The van der Waals surface area contributed by atoms with Crippen molar-refractivity contribution in [3.63, 3.8) is 0 Å². The summed E-state index contributed by atoms with van der Waals surface area (Å²) in [5, 5.41) is 3.97. The second-order valence-corrected chi connectivity index (χ2v) is 6.64. The fourth-order valence-corrected chi connectivity index (χ4v) is 2.66. The lowest BCUT2D eigenvalue weighted by atomic mass is 10.2. The van der Waals surface area contributed by atoms with Gasteiger partial charge in [0.2, 0.25) is 0 Å². The molecule has 0 fully saturated rings. The third-order valence-electron chi connectivity index (χ3n) is 4.20. The summed E-state index contributed by atoms with van der Waals surface area (Å²) in [5.74, 6) is 0.690. The number of hydrogen-bond acceptors (Lipinski definition) is 6. The molecule has 1 N–H and O–H groups in total. The van der Waals surface area contributed by atoms with Crippen LogP contribution in [0.4, 0.5) is 0 Å². The molecule has 0 spiro atoms. The molecule has 0 atom stereocenters. The van der Waals surface area contributed by atoms with Crippen molar-refractivity contribution >= 4 is 18.1 Å². The van der Waals surface area contributed by atoms with Gasteiger partial charge in [-0.25, -0.2) is 5.43 Å². The van der Waals surface area contributed by atoms with Crippen molar-refractivity contribution in [3.05, 3.63) is 53.6 Å². The minimum atomic E-state index is -0.435. The van der Waals surface area contributed by atoms with Crippen molar-refractivity contribution in [2.24, 2.45) is 5.10 Å². The Hall–Kier alpha value is -3.35. The van der Waals surface area contributed by atoms with Crippen molar-refractivity contribution < 1.29 is 23.8 Å². The van der Waals surface area contributed by atoms with Gasteiger partial charge in [0.1, 0.15) is 5.75 Å². The number of carbonyl (C=O) groups excluding carboxylic acids is 2. The number of esters is 1. The second kappa shape index (κ2) is 12.3. The molecule has 1 amide bonds. The lowest BCUT2D eigenvalue weighted by Crippen LogP contribution is -2.17. The molecule has 160 valence electrons. The molecule has 0 radical (unpaired) electrons. The number of methoxy groups -OCH3 is 1. The molecule has 0 aliphatic heterocycles. The SMILES string of the molecule is CCCCCCOc1ccc(C(=O)NN=Cc2ccc(OC(C)=O)c(OC)c2)cc1. The molecule has 7 nitrogen and oxygen atoms in total. The quantitative estimate of drug-likeness (QED) is 0.195. The summed E-state index contributed by atoms with van der Waals surface area (Å²) < 4.78 is 15.9. The summed E-state index contributed by atoms with van der Waals surface area (Å²) >= 11 is 0. The van der Waals surface area contributed by atoms with E-state index in [1.54, 1.807) is 42.5 Å². The van der Waals surface area contributed by atoms with Gasteiger partial charge in [-0.15, -0.1) is 0 Å². The Bertz CT molecular complexity index is 862. The molecule has 0 saturated carbocycles. The molecule has 0 saturated heterocycles. The predicted molar refractivity (Wildman–Crippen MR) is 115 cm³/mol. The number of amides is 1. The molecule has 7 heteroatoms. The minimum absolute atomic E-state index is 0.318. The number of nitrogens with one attached hydrogen (secondary N) is 1. The molecule has 2 aromatic rings. The van der Waals surface area contributed by atoms with E-state index in [9.17, 15) is 9.59 Å². The molecule has 0 unspecified atom stereocenters. The third kappa shape index (κ3) is 7.58. The summed E-state index contributed by atoms with van der Waals surface area (Å²) in [5.41, 5.74) is 3.64. The number of hydrazone groups is 1. The largest absolute Gasteiger partial charge is 0.494 e. The van der Waals surface area contributed by atoms with Crippen LogP contribution in [0.5, 0.6) is 17.2 Å². The zero-order valence-electron chi connectivity index (χ0n) is 17.6. The zero-order valence-corrected chi connectivity index (χ0v) is 17.6. The third-order valence-corrected chi connectivity index (χ3v) is 4.20. The van der Waals surface area contributed by atoms with Gasteiger partial charge in [0.25, 0.3) is 5.91 Å². The number of ether oxygens (including phenoxy) is 3. The standard InChI is InChI=1S/C23H28N2O5/c1-4-5-6-7-14-29-20-11-9-19(10-12-20)23(27)25-24-16-18-8-13-21(30-17(2)26)22(15-18)28-3/h8-13,15-16H,4-7,14H2,1-3H3,(H,25,27). The first-order chi connectivity index (χ1) is 14.5. The number of benzene rings is 2. The summed E-state index contributed by atoms with van der Waals surface area (Å²) in [7, 11) is 1.48. The minimum Gasteiger partial charge on any atom is -0.494 e. The Morgan fingerprint density at radius 2 is 1.80 bits per heavy atom. The molecule has 0 aromatic heterocycles. The normalized spacial score (nSPS) is 10.6. The van der Waals surface area contributed by atoms with Gasteiger partial charge in [0, 0.05) is 12.5 Å². The van der Waals surface area contributed by atoms with E-state index in [1.165, 1.54) is 33.1 Å². The van der Waals surface area contributed by atoms with Gasteiger partial charge in [-0.1, -0.05) is 26.2 Å². The highest BCUT2D eigenvalue weighted by atomic mass is 16.6. The number of rotatable bonds is 11. The topological polar surface area (TPSA) is 86.2 Å². The van der Waals surface area contributed by atoms with Crippen molar-refractivity contribution in [1.82, 2.24) is 5.43 Å². The smallest absolute Gasteiger partial charge is 0.308 e. The number of unbranched alkanes of at least 4 members (excludes halogenated alkanes) is 3. The van der Waals surface area contributed by atoms with Gasteiger partial charge in [-0.2, -0.15) is 5.10 Å². The van der Waals surface area contributed by atoms with Gasteiger partial charge in [0.05, 0.1) is 19.9 Å². The number of hydrogen-bond donors (Lipinski definition) is 1. The number of nitrogens with zero attached hydrogens (tertiary/aromatic N) is 1. The van der Waals surface area contributed by atoms with Gasteiger partial charge < -0.3 is 14.2 Å². The molecule has 0 aliphatic carbocycles. The van der Waals surface area contributed by atoms with E-state index in [4.69, 9.17) is 14.2 Å². The lowest BCUT2D eigenvalue weighted by molar-refractivity contribution is -0.132. The average Bonchev–Trinajstić information content (AvgIpc) is 2.74. The van der Waals surface area contributed by atoms with Crippen molar-refractivity contribution in [1.29, 1.82) is 0 Å². The maximum Gasteiger partial charge on any atom is 0.308 e. The Morgan fingerprint density at radius 3 is 2.47 bits per heavy atom. The van der Waals surface area contributed by atoms with Crippen LogP contribution in [0.3, 0.4) is 0 Å². The Morgan fingerprint density at radius 1 is 1.03 bits per heavy atom. The predicted octanol–water partition coefficient (Wildman–Crippen LogP) is 4.34. The molecule has 2 aromatic carbocycles. The van der Waals surface area contributed by atoms with Crippen molar-refractivity contribution in [3.8, 4) is 17.2 Å². The van der Waals surface area contributed by atoms with E-state index in [0.29, 0.717) is 29.2 Å². The van der Waals surface area contributed by atoms with E-state index in [2.05, 4.69) is 17.5 Å². The van der Waals surface area contributed by atoms with Gasteiger partial charge >= 0.3 is 5.97 Å². The Balaban J connectivity index is 1.87. The first kappa shape index (κ1) is 22.9. The molecule has 2 rings (SSSR count). The molecular weight excluding hydrogens is 384 g/mol. The van der Waals surface area contributed by atoms with Crippen LogP contribution in [0.1, 0.15) is 55.5 Å². The maximum atomic E-state index is 12.2. The average molecular weight is 412 g/mol. The van der Waals surface area contributed by atoms with Gasteiger partial charge in [0.15, 0.2) is 11.5 Å². The van der Waals surface area contributed by atoms with Crippen LogP contribution in [-0.2, 0) is 4.79 Å².